The summed E-state index contributed by atoms with van der Waals surface area (Å²) in [5, 5.41) is 10.3. The van der Waals surface area contributed by atoms with Gasteiger partial charge in [0.1, 0.15) is 13.2 Å². The third kappa shape index (κ3) is 2.91. The van der Waals surface area contributed by atoms with E-state index in [4.69, 9.17) is 9.47 Å². The topological polar surface area (TPSA) is 41.9 Å². The Kier molecular flexibility index (Phi) is 3.61. The van der Waals surface area contributed by atoms with Crippen molar-refractivity contribution < 1.29 is 14.6 Å². The van der Waals surface area contributed by atoms with Crippen LogP contribution in [0.1, 0.15) is 31.9 Å². The van der Waals surface area contributed by atoms with Gasteiger partial charge in [-0.25, -0.2) is 0 Å². The van der Waals surface area contributed by atoms with Crippen molar-refractivity contribution in [2.45, 2.75) is 26.4 Å². The van der Waals surface area contributed by atoms with Gasteiger partial charge in [0.2, 0.25) is 0 Å². The van der Waals surface area contributed by atoms with Crippen molar-refractivity contribution in [3.05, 3.63) is 23.8 Å². The molecule has 0 spiro atoms. The Labute approximate surface area is 120 Å². The maximum atomic E-state index is 10.3. The summed E-state index contributed by atoms with van der Waals surface area (Å²) in [5.74, 6) is 1.52. The fraction of sp³-hybridized carbons (Fsp3) is 0.625. The van der Waals surface area contributed by atoms with E-state index in [2.05, 4.69) is 18.7 Å². The number of rotatable bonds is 4. The van der Waals surface area contributed by atoms with Crippen molar-refractivity contribution >= 4 is 0 Å². The third-order valence-corrected chi connectivity index (χ3v) is 3.97. The minimum absolute atomic E-state index is 0.436. The van der Waals surface area contributed by atoms with Crippen LogP contribution in [0.15, 0.2) is 18.2 Å². The monoisotopic (exact) mass is 277 g/mol. The van der Waals surface area contributed by atoms with Gasteiger partial charge in [0.05, 0.1) is 6.10 Å². The van der Waals surface area contributed by atoms with Gasteiger partial charge in [-0.1, -0.05) is 19.9 Å². The molecule has 2 heterocycles. The van der Waals surface area contributed by atoms with E-state index in [1.807, 2.05) is 18.2 Å². The molecule has 0 aromatic heterocycles. The van der Waals surface area contributed by atoms with Crippen LogP contribution in [-0.4, -0.2) is 42.9 Å². The molecule has 1 fully saturated rings. The lowest BCUT2D eigenvalue weighted by Crippen LogP contribution is -2.53. The lowest BCUT2D eigenvalue weighted by molar-refractivity contribution is 0.0180. The molecule has 0 aliphatic carbocycles. The highest BCUT2D eigenvalue weighted by Crippen LogP contribution is 2.34. The molecule has 4 heteroatoms. The van der Waals surface area contributed by atoms with Crippen LogP contribution < -0.4 is 9.47 Å². The van der Waals surface area contributed by atoms with Crippen molar-refractivity contribution in [2.75, 3.05) is 32.8 Å². The fourth-order valence-corrected chi connectivity index (χ4v) is 3.06. The summed E-state index contributed by atoms with van der Waals surface area (Å²) in [6.45, 7) is 8.93. The molecular weight excluding hydrogens is 254 g/mol. The number of ether oxygens (including phenoxy) is 2. The first-order valence-corrected chi connectivity index (χ1v) is 7.33. The number of benzene rings is 1. The van der Waals surface area contributed by atoms with Gasteiger partial charge in [0.15, 0.2) is 11.5 Å². The normalized spacial score (nSPS) is 22.1. The second-order valence-electron chi connectivity index (χ2n) is 6.58. The first-order chi connectivity index (χ1) is 9.53. The van der Waals surface area contributed by atoms with E-state index in [-0.39, 0.29) is 0 Å². The van der Waals surface area contributed by atoms with Gasteiger partial charge in [-0.15, -0.1) is 0 Å². The van der Waals surface area contributed by atoms with Gasteiger partial charge >= 0.3 is 0 Å². The summed E-state index contributed by atoms with van der Waals surface area (Å²) in [6, 6.07) is 5.72. The van der Waals surface area contributed by atoms with Crippen molar-refractivity contribution in [1.29, 1.82) is 0 Å². The van der Waals surface area contributed by atoms with Crippen molar-refractivity contribution in [3.63, 3.8) is 0 Å². The van der Waals surface area contributed by atoms with Gasteiger partial charge in [-0.2, -0.15) is 0 Å². The molecule has 1 aromatic rings. The lowest BCUT2D eigenvalue weighted by atomic mass is 9.84. The van der Waals surface area contributed by atoms with Crippen LogP contribution >= 0.6 is 0 Å². The number of likely N-dealkylation sites (tertiary alicyclic amines) is 1. The van der Waals surface area contributed by atoms with Crippen LogP contribution in [0.2, 0.25) is 0 Å². The molecule has 0 saturated carbocycles. The molecule has 110 valence electrons. The third-order valence-electron chi connectivity index (χ3n) is 3.97. The molecule has 1 aromatic carbocycles. The molecule has 0 amide bonds. The quantitative estimate of drug-likeness (QED) is 0.916. The Morgan fingerprint density at radius 3 is 2.60 bits per heavy atom. The van der Waals surface area contributed by atoms with Gasteiger partial charge in [-0.3, -0.25) is 0 Å². The molecular formula is C16H23NO3. The van der Waals surface area contributed by atoms with Crippen LogP contribution in [0.3, 0.4) is 0 Å². The van der Waals surface area contributed by atoms with E-state index in [9.17, 15) is 5.11 Å². The summed E-state index contributed by atoms with van der Waals surface area (Å²) < 4.78 is 11.0. The van der Waals surface area contributed by atoms with E-state index in [0.29, 0.717) is 18.6 Å². The average molecular weight is 277 g/mol. The minimum Gasteiger partial charge on any atom is -0.486 e. The smallest absolute Gasteiger partial charge is 0.161 e. The van der Waals surface area contributed by atoms with E-state index >= 15 is 0 Å². The van der Waals surface area contributed by atoms with Crippen LogP contribution in [0.4, 0.5) is 0 Å². The zero-order valence-electron chi connectivity index (χ0n) is 12.3. The highest BCUT2D eigenvalue weighted by molar-refractivity contribution is 5.44. The van der Waals surface area contributed by atoms with E-state index in [1.165, 1.54) is 0 Å². The minimum atomic E-state index is -0.436. The molecule has 1 atom stereocenters. The van der Waals surface area contributed by atoms with Gasteiger partial charge in [0.25, 0.3) is 0 Å². The van der Waals surface area contributed by atoms with Crippen molar-refractivity contribution in [1.82, 2.24) is 4.90 Å². The zero-order chi connectivity index (χ0) is 14.2. The van der Waals surface area contributed by atoms with E-state index < -0.39 is 6.10 Å². The molecule has 20 heavy (non-hydrogen) atoms. The highest BCUT2D eigenvalue weighted by Gasteiger charge is 2.33. The standard InChI is InChI=1S/C16H23NO3/c1-16(2)10-17(11-16)6-5-13(18)12-3-4-14-15(9-12)20-8-7-19-14/h3-4,9,13,18H,5-8,10-11H2,1-2H3/t13-/m0/s1. The predicted octanol–water partition coefficient (Wildman–Crippen LogP) is 2.22. The van der Waals surface area contributed by atoms with Crippen LogP contribution in [0.25, 0.3) is 0 Å². The molecule has 0 unspecified atom stereocenters. The Bertz CT molecular complexity index is 479. The predicted molar refractivity (Wildman–Crippen MR) is 77.2 cm³/mol. The first-order valence-electron chi connectivity index (χ1n) is 7.33. The SMILES string of the molecule is CC1(C)CN(CC[C@H](O)c2ccc3c(c2)OCCO3)C1. The Morgan fingerprint density at radius 1 is 1.20 bits per heavy atom. The average Bonchev–Trinajstić information content (AvgIpc) is 2.41. The summed E-state index contributed by atoms with van der Waals surface area (Å²) in [5.41, 5.74) is 1.36. The van der Waals surface area contributed by atoms with Crippen LogP contribution in [-0.2, 0) is 0 Å². The molecule has 0 bridgehead atoms. The van der Waals surface area contributed by atoms with Gasteiger partial charge in [0, 0.05) is 19.6 Å². The molecule has 1 N–H and O–H groups in total. The highest BCUT2D eigenvalue weighted by atomic mass is 16.6. The second-order valence-corrected chi connectivity index (χ2v) is 6.58. The molecule has 2 aliphatic heterocycles. The van der Waals surface area contributed by atoms with Crippen LogP contribution in [0.5, 0.6) is 11.5 Å². The summed E-state index contributed by atoms with van der Waals surface area (Å²) in [6.07, 6.45) is 0.324. The summed E-state index contributed by atoms with van der Waals surface area (Å²) in [7, 11) is 0. The van der Waals surface area contributed by atoms with Crippen molar-refractivity contribution in [2.24, 2.45) is 5.41 Å². The molecule has 4 nitrogen and oxygen atoms in total. The Hall–Kier alpha value is -1.26. The Balaban J connectivity index is 1.56. The molecule has 3 rings (SSSR count). The molecule has 2 aliphatic rings. The zero-order valence-corrected chi connectivity index (χ0v) is 12.3. The number of nitrogens with zero attached hydrogens (tertiary/aromatic N) is 1. The molecule has 0 radical (unpaired) electrons. The second kappa shape index (κ2) is 5.26. The first kappa shape index (κ1) is 13.7. The number of aliphatic hydroxyl groups excluding tert-OH is 1. The fourth-order valence-electron chi connectivity index (χ4n) is 3.06. The maximum absolute atomic E-state index is 10.3. The van der Waals surface area contributed by atoms with Crippen LogP contribution in [0, 0.1) is 5.41 Å². The number of hydrogen-bond acceptors (Lipinski definition) is 4. The molecule has 1 saturated heterocycles. The lowest BCUT2D eigenvalue weighted by Gasteiger charge is -2.46. The number of fused-ring (bicyclic) bond motifs is 1. The number of hydrogen-bond donors (Lipinski definition) is 1. The number of aliphatic hydroxyl groups is 1. The van der Waals surface area contributed by atoms with E-state index in [0.717, 1.165) is 43.1 Å². The largest absolute Gasteiger partial charge is 0.486 e. The maximum Gasteiger partial charge on any atom is 0.161 e. The van der Waals surface area contributed by atoms with Crippen molar-refractivity contribution in [3.8, 4) is 11.5 Å². The van der Waals surface area contributed by atoms with Gasteiger partial charge in [-0.05, 0) is 29.5 Å². The summed E-state index contributed by atoms with van der Waals surface area (Å²) >= 11 is 0. The van der Waals surface area contributed by atoms with Gasteiger partial charge < -0.3 is 19.5 Å². The summed E-state index contributed by atoms with van der Waals surface area (Å²) in [4.78, 5) is 2.39. The Morgan fingerprint density at radius 2 is 1.90 bits per heavy atom. The van der Waals surface area contributed by atoms with E-state index in [1.54, 1.807) is 0 Å².